The highest BCUT2D eigenvalue weighted by atomic mass is 35.5. The molecule has 11 atom stereocenters. The molecule has 0 bridgehead atoms. The molecule has 3 saturated heterocycles. The van der Waals surface area contributed by atoms with E-state index in [1.165, 1.54) is 11.8 Å². The summed E-state index contributed by atoms with van der Waals surface area (Å²) in [5, 5.41) is 33.6. The van der Waals surface area contributed by atoms with Crippen LogP contribution in [0.1, 0.15) is 47.0 Å². The van der Waals surface area contributed by atoms with Crippen molar-refractivity contribution < 1.29 is 29.6 Å². The number of carbonyl (C=O) groups excluding carboxylic acids is 1. The van der Waals surface area contributed by atoms with Crippen LogP contribution in [0, 0.1) is 17.3 Å². The van der Waals surface area contributed by atoms with Gasteiger partial charge in [0.2, 0.25) is 5.91 Å². The van der Waals surface area contributed by atoms with E-state index in [0.29, 0.717) is 12.5 Å². The zero-order valence-electron chi connectivity index (χ0n) is 21.2. The Kier molecular flexibility index (Phi) is 9.62. The number of likely N-dealkylation sites (N-methyl/N-ethyl adjacent to an activating group) is 1. The minimum absolute atomic E-state index is 0.204. The van der Waals surface area contributed by atoms with E-state index >= 15 is 0 Å². The highest BCUT2D eigenvalue weighted by Gasteiger charge is 2.50. The number of halogens is 1. The normalized spacial score (nSPS) is 41.4. The first-order valence-corrected chi connectivity index (χ1v) is 14.0. The summed E-state index contributed by atoms with van der Waals surface area (Å²) in [6.07, 6.45) is -0.251. The summed E-state index contributed by atoms with van der Waals surface area (Å²) in [7, 11) is 1.94. The lowest BCUT2D eigenvalue weighted by molar-refractivity contribution is -0.205. The summed E-state index contributed by atoms with van der Waals surface area (Å²) in [6, 6.07) is -1.23. The van der Waals surface area contributed by atoms with Crippen molar-refractivity contribution in [3.63, 3.8) is 0 Å². The van der Waals surface area contributed by atoms with Crippen molar-refractivity contribution in [2.75, 3.05) is 26.5 Å². The molecule has 3 fully saturated rings. The van der Waals surface area contributed by atoms with Gasteiger partial charge in [-0.3, -0.25) is 9.69 Å². The molecule has 0 radical (unpaired) electrons. The molecule has 34 heavy (non-hydrogen) atoms. The number of fused-ring (bicyclic) bond motifs is 1. The van der Waals surface area contributed by atoms with Gasteiger partial charge >= 0.3 is 0 Å². The Morgan fingerprint density at radius 3 is 2.50 bits per heavy atom. The number of hydrogen-bond donors (Lipinski definition) is 4. The lowest BCUT2D eigenvalue weighted by Crippen LogP contribution is -2.65. The Morgan fingerprint density at radius 2 is 1.91 bits per heavy atom. The van der Waals surface area contributed by atoms with Gasteiger partial charge in [0.15, 0.2) is 0 Å². The predicted molar refractivity (Wildman–Crippen MR) is 134 cm³/mol. The van der Waals surface area contributed by atoms with Crippen LogP contribution in [0.4, 0.5) is 0 Å². The molecule has 0 aromatic heterocycles. The lowest BCUT2D eigenvalue weighted by atomic mass is 9.79. The van der Waals surface area contributed by atoms with Crippen molar-refractivity contribution in [1.82, 2.24) is 10.2 Å². The van der Waals surface area contributed by atoms with Gasteiger partial charge in [0.25, 0.3) is 0 Å². The van der Waals surface area contributed by atoms with Crippen LogP contribution in [0.3, 0.4) is 0 Å². The Hall–Kier alpha value is -0.130. The molecule has 2 unspecified atom stereocenters. The van der Waals surface area contributed by atoms with Crippen molar-refractivity contribution in [2.45, 2.75) is 100 Å². The number of amides is 1. The maximum absolute atomic E-state index is 13.5. The van der Waals surface area contributed by atoms with Gasteiger partial charge in [0, 0.05) is 19.1 Å². The average Bonchev–Trinajstić information content (AvgIpc) is 2.91. The molecule has 0 spiro atoms. The molecule has 0 saturated carbocycles. The number of nitrogens with one attached hydrogen (secondary N) is 1. The number of likely N-dealkylation sites (tertiary alicyclic amines) is 1. The van der Waals surface area contributed by atoms with Crippen molar-refractivity contribution in [3.05, 3.63) is 0 Å². The molecular formula is C24H43ClN2O6S. The summed E-state index contributed by atoms with van der Waals surface area (Å²) >= 11 is 7.68. The predicted octanol–water partition coefficient (Wildman–Crippen LogP) is 1.43. The average molecular weight is 523 g/mol. The molecule has 0 aromatic carbocycles. The fourth-order valence-electron chi connectivity index (χ4n) is 5.92. The number of hydrogen-bond acceptors (Lipinski definition) is 8. The number of aliphatic hydroxyl groups excluding tert-OH is 3. The van der Waals surface area contributed by atoms with E-state index in [9.17, 15) is 20.1 Å². The summed E-state index contributed by atoms with van der Waals surface area (Å²) in [5.41, 5.74) is -0.481. The Morgan fingerprint density at radius 1 is 1.24 bits per heavy atom. The molecule has 8 nitrogen and oxygen atoms in total. The SMILES string of the molecule is CSC1O[C@H]([C@H](NC(=O)[C@@H]2[C@@H]3OCC[C@H](CC(C)(C)C)C[C@H]3CN2C)[C@H](C)Cl)C(O)[C@@H](O)[C@H]1O. The zero-order chi connectivity index (χ0) is 25.4. The van der Waals surface area contributed by atoms with Crippen LogP contribution in [0.2, 0.25) is 0 Å². The number of rotatable bonds is 6. The summed E-state index contributed by atoms with van der Waals surface area (Å²) in [4.78, 5) is 15.6. The van der Waals surface area contributed by atoms with E-state index in [1.807, 2.05) is 11.9 Å². The smallest absolute Gasteiger partial charge is 0.240 e. The number of alkyl halides is 1. The van der Waals surface area contributed by atoms with Gasteiger partial charge in [0.1, 0.15) is 35.9 Å². The van der Waals surface area contributed by atoms with Crippen LogP contribution in [-0.4, -0.2) is 106 Å². The van der Waals surface area contributed by atoms with Crippen LogP contribution >= 0.6 is 23.4 Å². The van der Waals surface area contributed by atoms with Gasteiger partial charge in [-0.1, -0.05) is 20.8 Å². The third-order valence-corrected chi connectivity index (χ3v) is 8.54. The standard InChI is InChI=1S/C24H43ClN2O6S/c1-12(25)15(21-18(29)17(28)19(30)23(33-21)34-6)26-22(31)16-20-14(11-27(16)5)9-13(7-8-32-20)10-24(2,3)4/h12-21,23,28-30H,7-11H2,1-6H3,(H,26,31)/t12-,13-,14-,15+,16-,17+,18?,19+,20+,21+,23?/m0/s1. The Labute approximate surface area is 213 Å². The third-order valence-electron chi connectivity index (χ3n) is 7.41. The highest BCUT2D eigenvalue weighted by molar-refractivity contribution is 7.99. The maximum Gasteiger partial charge on any atom is 0.240 e. The van der Waals surface area contributed by atoms with Gasteiger partial charge in [0.05, 0.1) is 17.5 Å². The van der Waals surface area contributed by atoms with Crippen LogP contribution in [-0.2, 0) is 14.3 Å². The second-order valence-electron chi connectivity index (χ2n) is 11.5. The molecule has 3 aliphatic heterocycles. The van der Waals surface area contributed by atoms with E-state index in [1.54, 1.807) is 13.2 Å². The van der Waals surface area contributed by atoms with Gasteiger partial charge < -0.3 is 30.1 Å². The van der Waals surface area contributed by atoms with Gasteiger partial charge in [-0.2, -0.15) is 0 Å². The molecule has 3 heterocycles. The van der Waals surface area contributed by atoms with E-state index in [4.69, 9.17) is 21.1 Å². The molecule has 3 rings (SSSR count). The minimum Gasteiger partial charge on any atom is -0.388 e. The number of aliphatic hydroxyl groups is 3. The minimum atomic E-state index is -1.39. The summed E-state index contributed by atoms with van der Waals surface area (Å²) in [6.45, 7) is 9.93. The van der Waals surface area contributed by atoms with Crippen molar-refractivity contribution >= 4 is 29.3 Å². The van der Waals surface area contributed by atoms with E-state index < -0.39 is 47.3 Å². The molecule has 0 aliphatic carbocycles. The van der Waals surface area contributed by atoms with E-state index in [-0.39, 0.29) is 23.3 Å². The van der Waals surface area contributed by atoms with Gasteiger partial charge in [-0.25, -0.2) is 0 Å². The quantitative estimate of drug-likeness (QED) is 0.388. The second-order valence-corrected chi connectivity index (χ2v) is 13.1. The van der Waals surface area contributed by atoms with E-state index in [0.717, 1.165) is 25.8 Å². The van der Waals surface area contributed by atoms with Crippen LogP contribution < -0.4 is 5.32 Å². The molecular weight excluding hydrogens is 480 g/mol. The lowest BCUT2D eigenvalue weighted by Gasteiger charge is -2.44. The summed E-state index contributed by atoms with van der Waals surface area (Å²) < 4.78 is 12.1. The molecule has 198 valence electrons. The molecule has 4 N–H and O–H groups in total. The van der Waals surface area contributed by atoms with Crippen molar-refractivity contribution in [1.29, 1.82) is 0 Å². The third kappa shape index (κ3) is 6.40. The highest BCUT2D eigenvalue weighted by Crippen LogP contribution is 2.39. The van der Waals surface area contributed by atoms with E-state index in [2.05, 4.69) is 26.1 Å². The van der Waals surface area contributed by atoms with Crippen LogP contribution in [0.15, 0.2) is 0 Å². The zero-order valence-corrected chi connectivity index (χ0v) is 22.8. The number of nitrogens with zero attached hydrogens (tertiary/aromatic N) is 1. The fraction of sp³-hybridized carbons (Fsp3) is 0.958. The molecule has 1 amide bonds. The largest absolute Gasteiger partial charge is 0.388 e. The number of thioether (sulfide) groups is 1. The monoisotopic (exact) mass is 522 g/mol. The first-order chi connectivity index (χ1) is 15.8. The first-order valence-electron chi connectivity index (χ1n) is 12.3. The first kappa shape index (κ1) is 28.4. The van der Waals surface area contributed by atoms with Crippen molar-refractivity contribution in [2.24, 2.45) is 17.3 Å². The molecule has 3 aliphatic rings. The van der Waals surface area contributed by atoms with Crippen molar-refractivity contribution in [3.8, 4) is 0 Å². The van der Waals surface area contributed by atoms with Gasteiger partial charge in [-0.05, 0) is 50.8 Å². The number of carbonyl (C=O) groups is 1. The van der Waals surface area contributed by atoms with Gasteiger partial charge in [-0.15, -0.1) is 23.4 Å². The fourth-order valence-corrected chi connectivity index (χ4v) is 6.81. The topological polar surface area (TPSA) is 111 Å². The van der Waals surface area contributed by atoms with Crippen LogP contribution in [0.25, 0.3) is 0 Å². The maximum atomic E-state index is 13.5. The molecule has 0 aromatic rings. The second kappa shape index (κ2) is 11.5. The summed E-state index contributed by atoms with van der Waals surface area (Å²) in [5.74, 6) is 0.624. The number of ether oxygens (including phenoxy) is 2. The Balaban J connectivity index is 1.72. The molecule has 10 heteroatoms. The van der Waals surface area contributed by atoms with Crippen LogP contribution in [0.5, 0.6) is 0 Å². The Bertz CT molecular complexity index is 693.